The number of benzene rings is 1. The number of anilines is 1. The summed E-state index contributed by atoms with van der Waals surface area (Å²) in [6, 6.07) is 6.21. The van der Waals surface area contributed by atoms with Gasteiger partial charge in [0.1, 0.15) is 5.69 Å². The summed E-state index contributed by atoms with van der Waals surface area (Å²) in [5, 5.41) is 24.6. The van der Waals surface area contributed by atoms with Crippen molar-refractivity contribution in [3.8, 4) is 0 Å². The highest BCUT2D eigenvalue weighted by Crippen LogP contribution is 2.14. The molecular weight excluding hydrogens is 282 g/mol. The molecule has 108 valence electrons. The fourth-order valence-corrected chi connectivity index (χ4v) is 2.17. The zero-order chi connectivity index (χ0) is 14.6. The minimum absolute atomic E-state index is 0.00731. The van der Waals surface area contributed by atoms with Crippen LogP contribution in [0, 0.1) is 0 Å². The average molecular weight is 297 g/mol. The van der Waals surface area contributed by atoms with E-state index in [-0.39, 0.29) is 11.5 Å². The van der Waals surface area contributed by atoms with E-state index in [2.05, 4.69) is 15.6 Å². The highest BCUT2D eigenvalue weighted by molar-refractivity contribution is 7.89. The van der Waals surface area contributed by atoms with E-state index in [1.165, 1.54) is 16.8 Å². The normalized spacial score (nSPS) is 11.5. The third kappa shape index (κ3) is 3.76. The van der Waals surface area contributed by atoms with Crippen LogP contribution in [0.25, 0.3) is 0 Å². The van der Waals surface area contributed by atoms with Gasteiger partial charge < -0.3 is 10.4 Å². The number of primary sulfonamides is 1. The smallest absolute Gasteiger partial charge is 0.238 e. The zero-order valence-corrected chi connectivity index (χ0v) is 11.4. The Labute approximate surface area is 116 Å². The number of aliphatic hydroxyl groups is 1. The molecule has 1 aromatic heterocycles. The minimum atomic E-state index is -3.71. The van der Waals surface area contributed by atoms with Crippen LogP contribution in [0.15, 0.2) is 35.4 Å². The predicted molar refractivity (Wildman–Crippen MR) is 72.2 cm³/mol. The molecule has 1 aromatic carbocycles. The second kappa shape index (κ2) is 5.99. The lowest BCUT2D eigenvalue weighted by Gasteiger charge is -2.05. The molecular formula is C11H15N5O3S. The molecule has 2 rings (SSSR count). The van der Waals surface area contributed by atoms with Crippen LogP contribution in [0.5, 0.6) is 0 Å². The maximum atomic E-state index is 11.2. The molecule has 0 aliphatic carbocycles. The summed E-state index contributed by atoms with van der Waals surface area (Å²) >= 11 is 0. The van der Waals surface area contributed by atoms with E-state index in [0.29, 0.717) is 24.5 Å². The fraction of sp³-hybridized carbons (Fsp3) is 0.273. The average Bonchev–Trinajstić information content (AvgIpc) is 2.84. The van der Waals surface area contributed by atoms with E-state index in [4.69, 9.17) is 10.2 Å². The fourth-order valence-electron chi connectivity index (χ4n) is 1.61. The van der Waals surface area contributed by atoms with Crippen LogP contribution in [0.3, 0.4) is 0 Å². The molecule has 2 aromatic rings. The predicted octanol–water partition coefficient (Wildman–Crippen LogP) is -0.470. The van der Waals surface area contributed by atoms with Crippen LogP contribution in [-0.4, -0.2) is 35.1 Å². The molecule has 0 bridgehead atoms. The number of aliphatic hydroxyl groups excluding tert-OH is 1. The molecule has 0 aliphatic rings. The van der Waals surface area contributed by atoms with Gasteiger partial charge in [-0.15, -0.1) is 5.10 Å². The number of nitrogens with one attached hydrogen (secondary N) is 1. The van der Waals surface area contributed by atoms with E-state index in [1.807, 2.05) is 0 Å². The van der Waals surface area contributed by atoms with Crippen molar-refractivity contribution in [1.29, 1.82) is 0 Å². The summed E-state index contributed by atoms with van der Waals surface area (Å²) in [6.07, 6.45) is 1.70. The van der Waals surface area contributed by atoms with Crippen LogP contribution in [-0.2, 0) is 23.1 Å². The van der Waals surface area contributed by atoms with Crippen molar-refractivity contribution >= 4 is 15.7 Å². The van der Waals surface area contributed by atoms with Gasteiger partial charge in [0.25, 0.3) is 0 Å². The Hall–Kier alpha value is -1.97. The first-order valence-corrected chi connectivity index (χ1v) is 7.40. The van der Waals surface area contributed by atoms with Gasteiger partial charge in [0, 0.05) is 5.69 Å². The maximum Gasteiger partial charge on any atom is 0.238 e. The van der Waals surface area contributed by atoms with Crippen LogP contribution in [0.4, 0.5) is 5.69 Å². The number of rotatable bonds is 6. The topological polar surface area (TPSA) is 123 Å². The van der Waals surface area contributed by atoms with Crippen molar-refractivity contribution in [2.24, 2.45) is 5.14 Å². The zero-order valence-electron chi connectivity index (χ0n) is 10.6. The number of sulfonamides is 1. The third-order valence-corrected chi connectivity index (χ3v) is 3.46. The highest BCUT2D eigenvalue weighted by atomic mass is 32.2. The van der Waals surface area contributed by atoms with Gasteiger partial charge >= 0.3 is 0 Å². The van der Waals surface area contributed by atoms with Gasteiger partial charge in [0.15, 0.2) is 0 Å². The molecule has 0 unspecified atom stereocenters. The Balaban J connectivity index is 2.03. The molecule has 4 N–H and O–H groups in total. The standard InChI is InChI=1S/C11H15N5O3S/c12-20(18,19)11-3-1-2-9(6-11)13-7-10-8-16(4-5-17)15-14-10/h1-3,6,8,13,17H,4-5,7H2,(H2,12,18,19). The molecule has 20 heavy (non-hydrogen) atoms. The second-order valence-electron chi connectivity index (χ2n) is 4.12. The van der Waals surface area contributed by atoms with E-state index < -0.39 is 10.0 Å². The lowest BCUT2D eigenvalue weighted by molar-refractivity contribution is 0.268. The molecule has 1 heterocycles. The van der Waals surface area contributed by atoms with Crippen LogP contribution in [0.1, 0.15) is 5.69 Å². The molecule has 0 fully saturated rings. The van der Waals surface area contributed by atoms with Gasteiger partial charge in [0.05, 0.1) is 30.8 Å². The van der Waals surface area contributed by atoms with E-state index in [1.54, 1.807) is 18.3 Å². The number of nitrogens with two attached hydrogens (primary N) is 1. The van der Waals surface area contributed by atoms with Crippen molar-refractivity contribution in [1.82, 2.24) is 15.0 Å². The second-order valence-corrected chi connectivity index (χ2v) is 5.68. The number of aromatic nitrogens is 3. The summed E-state index contributed by atoms with van der Waals surface area (Å²) in [6.45, 7) is 0.764. The first-order chi connectivity index (χ1) is 9.49. The minimum Gasteiger partial charge on any atom is -0.394 e. The van der Waals surface area contributed by atoms with Crippen LogP contribution in [0.2, 0.25) is 0 Å². The van der Waals surface area contributed by atoms with Crippen molar-refractivity contribution < 1.29 is 13.5 Å². The van der Waals surface area contributed by atoms with Crippen molar-refractivity contribution in [3.05, 3.63) is 36.2 Å². The first kappa shape index (κ1) is 14.4. The van der Waals surface area contributed by atoms with Gasteiger partial charge in [-0.1, -0.05) is 11.3 Å². The summed E-state index contributed by atoms with van der Waals surface area (Å²) in [7, 11) is -3.71. The first-order valence-electron chi connectivity index (χ1n) is 5.85. The number of nitrogens with zero attached hydrogens (tertiary/aromatic N) is 3. The molecule has 9 heteroatoms. The maximum absolute atomic E-state index is 11.2. The Kier molecular flexibility index (Phi) is 4.32. The molecule has 0 saturated heterocycles. The molecule has 0 spiro atoms. The lowest BCUT2D eigenvalue weighted by Crippen LogP contribution is -2.12. The third-order valence-electron chi connectivity index (χ3n) is 2.55. The lowest BCUT2D eigenvalue weighted by atomic mass is 10.3. The van der Waals surface area contributed by atoms with Crippen molar-refractivity contribution in [3.63, 3.8) is 0 Å². The molecule has 0 aliphatic heterocycles. The summed E-state index contributed by atoms with van der Waals surface area (Å²) in [5.74, 6) is 0. The summed E-state index contributed by atoms with van der Waals surface area (Å²) in [5.41, 5.74) is 1.30. The highest BCUT2D eigenvalue weighted by Gasteiger charge is 2.08. The van der Waals surface area contributed by atoms with E-state index in [9.17, 15) is 8.42 Å². The van der Waals surface area contributed by atoms with Gasteiger partial charge in [-0.05, 0) is 18.2 Å². The summed E-state index contributed by atoms with van der Waals surface area (Å²) in [4.78, 5) is 0.0476. The van der Waals surface area contributed by atoms with Gasteiger partial charge in [-0.25, -0.2) is 18.2 Å². The monoisotopic (exact) mass is 297 g/mol. The van der Waals surface area contributed by atoms with Crippen molar-refractivity contribution in [2.45, 2.75) is 18.0 Å². The van der Waals surface area contributed by atoms with E-state index in [0.717, 1.165) is 0 Å². The van der Waals surface area contributed by atoms with Crippen molar-refractivity contribution in [2.75, 3.05) is 11.9 Å². The molecule has 8 nitrogen and oxygen atoms in total. The Morgan fingerprint density at radius 3 is 2.90 bits per heavy atom. The van der Waals surface area contributed by atoms with Crippen LogP contribution >= 0.6 is 0 Å². The largest absolute Gasteiger partial charge is 0.394 e. The summed E-state index contributed by atoms with van der Waals surface area (Å²) < 4.78 is 24.0. The quantitative estimate of drug-likeness (QED) is 0.662. The van der Waals surface area contributed by atoms with Gasteiger partial charge in [0.2, 0.25) is 10.0 Å². The Bertz CT molecular complexity index is 683. The number of hydrogen-bond donors (Lipinski definition) is 3. The SMILES string of the molecule is NS(=O)(=O)c1cccc(NCc2cn(CCO)nn2)c1. The molecule has 0 atom stereocenters. The van der Waals surface area contributed by atoms with E-state index >= 15 is 0 Å². The Morgan fingerprint density at radius 2 is 2.20 bits per heavy atom. The number of hydrogen-bond acceptors (Lipinski definition) is 6. The molecule has 0 radical (unpaired) electrons. The molecule has 0 saturated carbocycles. The molecule has 0 amide bonds. The Morgan fingerprint density at radius 1 is 1.40 bits per heavy atom. The van der Waals surface area contributed by atoms with Crippen LogP contribution < -0.4 is 10.5 Å². The van der Waals surface area contributed by atoms with Gasteiger partial charge in [-0.3, -0.25) is 0 Å². The van der Waals surface area contributed by atoms with Gasteiger partial charge in [-0.2, -0.15) is 0 Å².